The van der Waals surface area contributed by atoms with Gasteiger partial charge in [-0.3, -0.25) is 4.79 Å². The highest BCUT2D eigenvalue weighted by Crippen LogP contribution is 1.96. The van der Waals surface area contributed by atoms with Gasteiger partial charge in [0, 0.05) is 6.54 Å². The maximum atomic E-state index is 11.2. The van der Waals surface area contributed by atoms with Crippen LogP contribution >= 0.6 is 0 Å². The zero-order valence-electron chi connectivity index (χ0n) is 8.93. The van der Waals surface area contributed by atoms with Crippen LogP contribution in [0.3, 0.4) is 0 Å². The van der Waals surface area contributed by atoms with E-state index in [2.05, 4.69) is 10.6 Å². The Morgan fingerprint density at radius 1 is 1.31 bits per heavy atom. The van der Waals surface area contributed by atoms with Crippen LogP contribution in [0.25, 0.3) is 0 Å². The molecule has 3 N–H and O–H groups in total. The summed E-state index contributed by atoms with van der Waals surface area (Å²) in [6.07, 6.45) is 0. The van der Waals surface area contributed by atoms with Gasteiger partial charge in [0.05, 0.1) is 0 Å². The second kappa shape index (κ2) is 5.75. The van der Waals surface area contributed by atoms with Crippen LogP contribution in [0.2, 0.25) is 0 Å². The smallest absolute Gasteiger partial charge is 0.325 e. The SMILES string of the molecule is CC(NC(=O)NCc1ccccc1)C(=O)O. The highest BCUT2D eigenvalue weighted by molar-refractivity contribution is 5.82. The largest absolute Gasteiger partial charge is 0.480 e. The number of carboxylic acid groups (broad SMARTS) is 1. The molecule has 1 aromatic carbocycles. The van der Waals surface area contributed by atoms with Gasteiger partial charge in [-0.05, 0) is 12.5 Å². The van der Waals surface area contributed by atoms with E-state index >= 15 is 0 Å². The third-order valence-corrected chi connectivity index (χ3v) is 2.01. The molecule has 0 radical (unpaired) electrons. The minimum Gasteiger partial charge on any atom is -0.480 e. The van der Waals surface area contributed by atoms with Gasteiger partial charge in [-0.25, -0.2) is 4.79 Å². The van der Waals surface area contributed by atoms with Gasteiger partial charge in [0.15, 0.2) is 0 Å². The molecule has 86 valence electrons. The summed E-state index contributed by atoms with van der Waals surface area (Å²) in [5, 5.41) is 13.4. The Labute approximate surface area is 93.5 Å². The molecule has 0 saturated carbocycles. The van der Waals surface area contributed by atoms with E-state index in [4.69, 9.17) is 5.11 Å². The van der Waals surface area contributed by atoms with Crippen LogP contribution in [0.4, 0.5) is 4.79 Å². The Morgan fingerprint density at radius 2 is 1.94 bits per heavy atom. The van der Waals surface area contributed by atoms with E-state index in [0.29, 0.717) is 6.54 Å². The number of carboxylic acids is 1. The van der Waals surface area contributed by atoms with Crippen molar-refractivity contribution in [1.82, 2.24) is 10.6 Å². The topological polar surface area (TPSA) is 78.4 Å². The Balaban J connectivity index is 2.33. The molecule has 5 heteroatoms. The number of urea groups is 1. The summed E-state index contributed by atoms with van der Waals surface area (Å²) in [6.45, 7) is 1.78. The monoisotopic (exact) mass is 222 g/mol. The molecular formula is C11H14N2O3. The number of hydrogen-bond acceptors (Lipinski definition) is 2. The number of carbonyl (C=O) groups excluding carboxylic acids is 1. The molecule has 2 amide bonds. The average molecular weight is 222 g/mol. The molecular weight excluding hydrogens is 208 g/mol. The first kappa shape index (κ1) is 12.0. The van der Waals surface area contributed by atoms with E-state index in [1.165, 1.54) is 6.92 Å². The van der Waals surface area contributed by atoms with E-state index in [1.807, 2.05) is 30.3 Å². The zero-order valence-corrected chi connectivity index (χ0v) is 8.93. The first-order valence-corrected chi connectivity index (χ1v) is 4.90. The predicted octanol–water partition coefficient (Wildman–Crippen LogP) is 0.959. The molecule has 1 atom stereocenters. The van der Waals surface area contributed by atoms with E-state index < -0.39 is 18.0 Å². The summed E-state index contributed by atoms with van der Waals surface area (Å²) >= 11 is 0. The molecule has 1 unspecified atom stereocenters. The minimum absolute atomic E-state index is 0.374. The van der Waals surface area contributed by atoms with Crippen LogP contribution in [0.1, 0.15) is 12.5 Å². The molecule has 0 spiro atoms. The molecule has 16 heavy (non-hydrogen) atoms. The summed E-state index contributed by atoms with van der Waals surface area (Å²) in [4.78, 5) is 21.7. The van der Waals surface area contributed by atoms with Crippen molar-refractivity contribution in [2.75, 3.05) is 0 Å². The van der Waals surface area contributed by atoms with E-state index in [1.54, 1.807) is 0 Å². The maximum absolute atomic E-state index is 11.2. The third-order valence-electron chi connectivity index (χ3n) is 2.01. The van der Waals surface area contributed by atoms with Crippen molar-refractivity contribution in [3.63, 3.8) is 0 Å². The zero-order chi connectivity index (χ0) is 12.0. The number of nitrogens with one attached hydrogen (secondary N) is 2. The van der Waals surface area contributed by atoms with Crippen LogP contribution in [-0.2, 0) is 11.3 Å². The fraction of sp³-hybridized carbons (Fsp3) is 0.273. The number of benzene rings is 1. The summed E-state index contributed by atoms with van der Waals surface area (Å²) in [6, 6.07) is 8.00. The molecule has 0 aromatic heterocycles. The normalized spacial score (nSPS) is 11.6. The fourth-order valence-electron chi connectivity index (χ4n) is 1.09. The van der Waals surface area contributed by atoms with Crippen molar-refractivity contribution in [1.29, 1.82) is 0 Å². The standard InChI is InChI=1S/C11H14N2O3/c1-8(10(14)15)13-11(16)12-7-9-5-3-2-4-6-9/h2-6,8H,7H2,1H3,(H,14,15)(H2,12,13,16). The molecule has 0 aliphatic rings. The second-order valence-electron chi connectivity index (χ2n) is 3.37. The number of carbonyl (C=O) groups is 2. The molecule has 0 saturated heterocycles. The molecule has 0 aliphatic carbocycles. The van der Waals surface area contributed by atoms with Crippen molar-refractivity contribution >= 4 is 12.0 Å². The van der Waals surface area contributed by atoms with Crippen LogP contribution in [0.5, 0.6) is 0 Å². The van der Waals surface area contributed by atoms with Crippen LogP contribution in [0.15, 0.2) is 30.3 Å². The van der Waals surface area contributed by atoms with Crippen molar-refractivity contribution in [2.45, 2.75) is 19.5 Å². The number of rotatable bonds is 4. The first-order valence-electron chi connectivity index (χ1n) is 4.90. The van der Waals surface area contributed by atoms with Crippen molar-refractivity contribution < 1.29 is 14.7 Å². The van der Waals surface area contributed by atoms with Gasteiger partial charge in [0.1, 0.15) is 6.04 Å². The molecule has 1 rings (SSSR count). The van der Waals surface area contributed by atoms with Gasteiger partial charge in [-0.2, -0.15) is 0 Å². The van der Waals surface area contributed by atoms with Crippen LogP contribution in [-0.4, -0.2) is 23.1 Å². The lowest BCUT2D eigenvalue weighted by Gasteiger charge is -2.10. The Bertz CT molecular complexity index is 365. The van der Waals surface area contributed by atoms with Crippen molar-refractivity contribution in [3.05, 3.63) is 35.9 Å². The van der Waals surface area contributed by atoms with Gasteiger partial charge < -0.3 is 15.7 Å². The maximum Gasteiger partial charge on any atom is 0.325 e. The van der Waals surface area contributed by atoms with Crippen LogP contribution in [0, 0.1) is 0 Å². The van der Waals surface area contributed by atoms with Crippen molar-refractivity contribution in [3.8, 4) is 0 Å². The first-order chi connectivity index (χ1) is 7.59. The summed E-state index contributed by atoms with van der Waals surface area (Å²) < 4.78 is 0. The van der Waals surface area contributed by atoms with Crippen molar-refractivity contribution in [2.24, 2.45) is 0 Å². The number of hydrogen-bond donors (Lipinski definition) is 3. The summed E-state index contributed by atoms with van der Waals surface area (Å²) in [5.41, 5.74) is 0.959. The summed E-state index contributed by atoms with van der Waals surface area (Å²) in [5.74, 6) is -1.06. The lowest BCUT2D eigenvalue weighted by molar-refractivity contribution is -0.138. The van der Waals surface area contributed by atoms with Gasteiger partial charge in [-0.1, -0.05) is 30.3 Å². The highest BCUT2D eigenvalue weighted by atomic mass is 16.4. The number of aliphatic carboxylic acids is 1. The lowest BCUT2D eigenvalue weighted by atomic mass is 10.2. The fourth-order valence-corrected chi connectivity index (χ4v) is 1.09. The molecule has 0 fully saturated rings. The molecule has 0 aliphatic heterocycles. The van der Waals surface area contributed by atoms with Gasteiger partial charge in [0.2, 0.25) is 0 Å². The molecule has 1 aromatic rings. The van der Waals surface area contributed by atoms with Crippen LogP contribution < -0.4 is 10.6 Å². The molecule has 0 heterocycles. The van der Waals surface area contributed by atoms with E-state index in [-0.39, 0.29) is 0 Å². The predicted molar refractivity (Wildman–Crippen MR) is 58.9 cm³/mol. The third kappa shape index (κ3) is 4.00. The van der Waals surface area contributed by atoms with Gasteiger partial charge >= 0.3 is 12.0 Å². The average Bonchev–Trinajstić information content (AvgIpc) is 2.27. The minimum atomic E-state index is -1.06. The Kier molecular flexibility index (Phi) is 4.32. The number of amides is 2. The highest BCUT2D eigenvalue weighted by Gasteiger charge is 2.12. The Morgan fingerprint density at radius 3 is 2.50 bits per heavy atom. The molecule has 5 nitrogen and oxygen atoms in total. The van der Waals surface area contributed by atoms with Gasteiger partial charge in [-0.15, -0.1) is 0 Å². The molecule has 0 bridgehead atoms. The Hall–Kier alpha value is -2.04. The second-order valence-corrected chi connectivity index (χ2v) is 3.37. The van der Waals surface area contributed by atoms with E-state index in [9.17, 15) is 9.59 Å². The van der Waals surface area contributed by atoms with Gasteiger partial charge in [0.25, 0.3) is 0 Å². The van der Waals surface area contributed by atoms with E-state index in [0.717, 1.165) is 5.56 Å². The summed E-state index contributed by atoms with van der Waals surface area (Å²) in [7, 11) is 0. The quantitative estimate of drug-likeness (QED) is 0.710. The lowest BCUT2D eigenvalue weighted by Crippen LogP contribution is -2.44.